The second-order valence-electron chi connectivity index (χ2n) is 15.4. The van der Waals surface area contributed by atoms with Crippen molar-refractivity contribution in [3.05, 3.63) is 119 Å². The molecule has 292 valence electrons. The molecule has 6 rings (SSSR count). The van der Waals surface area contributed by atoms with Crippen LogP contribution < -0.4 is 9.64 Å². The van der Waals surface area contributed by atoms with Gasteiger partial charge in [-0.1, -0.05) is 67.1 Å². The SMILES string of the molecule is C=CC[C@H](C)[C@@H](C)S(=O)(C=NC(=O)O[C@@H](C)c1ccccc1)=NC(=O)c1ccc2c(c1)N(C[C@@H]1CC[C@H]1[C@@H](O)C=C)C[C@@]1(CCCc3cc(Cl)ccc31)CO2. The normalized spacial score (nSPS) is 23.7. The number of hydrogen-bond acceptors (Lipinski definition) is 7. The summed E-state index contributed by atoms with van der Waals surface area (Å²) in [6.07, 6.45) is 6.47. The minimum Gasteiger partial charge on any atom is -0.490 e. The predicted octanol–water partition coefficient (Wildman–Crippen LogP) is 9.52. The number of aliphatic hydroxyl groups is 1. The molecule has 1 spiro atoms. The van der Waals surface area contributed by atoms with Crippen LogP contribution in [0.3, 0.4) is 0 Å². The lowest BCUT2D eigenvalue weighted by Crippen LogP contribution is -2.49. The van der Waals surface area contributed by atoms with Crippen LogP contribution in [0.4, 0.5) is 10.5 Å². The largest absolute Gasteiger partial charge is 0.490 e. The summed E-state index contributed by atoms with van der Waals surface area (Å²) in [5.74, 6) is 0.0563. The molecule has 1 saturated carbocycles. The molecule has 3 aromatic rings. The number of carbonyl (C=O) groups is 2. The second kappa shape index (κ2) is 17.3. The Morgan fingerprint density at radius 3 is 2.60 bits per heavy atom. The third kappa shape index (κ3) is 8.92. The Labute approximate surface area is 330 Å². The van der Waals surface area contributed by atoms with Crippen molar-refractivity contribution in [2.24, 2.45) is 27.1 Å². The van der Waals surface area contributed by atoms with Gasteiger partial charge >= 0.3 is 6.09 Å². The van der Waals surface area contributed by atoms with E-state index >= 15 is 0 Å². The Bertz CT molecular complexity index is 2060. The van der Waals surface area contributed by atoms with Crippen molar-refractivity contribution in [2.45, 2.75) is 82.2 Å². The summed E-state index contributed by atoms with van der Waals surface area (Å²) in [7, 11) is -3.52. The first-order valence-corrected chi connectivity index (χ1v) is 21.2. The smallest absolute Gasteiger partial charge is 0.434 e. The van der Waals surface area contributed by atoms with Gasteiger partial charge in [0, 0.05) is 34.3 Å². The van der Waals surface area contributed by atoms with Gasteiger partial charge < -0.3 is 19.5 Å². The van der Waals surface area contributed by atoms with Crippen LogP contribution in [0.15, 0.2) is 101 Å². The Hall–Kier alpha value is -4.25. The zero-order valence-electron chi connectivity index (χ0n) is 31.9. The van der Waals surface area contributed by atoms with Crippen LogP contribution in [-0.2, 0) is 26.3 Å². The zero-order valence-corrected chi connectivity index (χ0v) is 33.5. The quantitative estimate of drug-likeness (QED) is 0.110. The lowest BCUT2D eigenvalue weighted by Gasteiger charge is -2.45. The fraction of sp³-hybridized carbons (Fsp3) is 0.432. The molecule has 1 N–H and O–H groups in total. The highest BCUT2D eigenvalue weighted by Gasteiger charge is 2.44. The first kappa shape index (κ1) is 40.4. The summed E-state index contributed by atoms with van der Waals surface area (Å²) >= 11 is 6.45. The molecule has 8 atom stereocenters. The highest BCUT2D eigenvalue weighted by atomic mass is 35.5. The molecule has 0 aromatic heterocycles. The summed E-state index contributed by atoms with van der Waals surface area (Å²) in [5, 5.41) is 10.8. The maximum Gasteiger partial charge on any atom is 0.434 e. The molecule has 1 fully saturated rings. The number of nitrogens with zero attached hydrogens (tertiary/aromatic N) is 3. The van der Waals surface area contributed by atoms with Crippen LogP contribution in [0.5, 0.6) is 5.75 Å². The molecule has 55 heavy (non-hydrogen) atoms. The third-order valence-corrected chi connectivity index (χ3v) is 14.5. The molecule has 0 bridgehead atoms. The lowest BCUT2D eigenvalue weighted by atomic mass is 9.68. The van der Waals surface area contributed by atoms with Gasteiger partial charge in [0.25, 0.3) is 5.91 Å². The van der Waals surface area contributed by atoms with Gasteiger partial charge in [0.2, 0.25) is 0 Å². The van der Waals surface area contributed by atoms with E-state index in [1.54, 1.807) is 44.2 Å². The predicted molar refractivity (Wildman–Crippen MR) is 221 cm³/mol. The van der Waals surface area contributed by atoms with Gasteiger partial charge in [-0.3, -0.25) is 4.79 Å². The van der Waals surface area contributed by atoms with E-state index in [4.69, 9.17) is 21.1 Å². The Balaban J connectivity index is 1.35. The molecule has 11 heteroatoms. The highest BCUT2D eigenvalue weighted by Crippen LogP contribution is 2.46. The van der Waals surface area contributed by atoms with E-state index in [0.717, 1.165) is 48.9 Å². The van der Waals surface area contributed by atoms with Crippen molar-refractivity contribution >= 4 is 44.6 Å². The molecule has 3 aromatic carbocycles. The lowest BCUT2D eigenvalue weighted by molar-refractivity contribution is 0.0460. The minimum atomic E-state index is -3.52. The van der Waals surface area contributed by atoms with E-state index in [-0.39, 0.29) is 28.7 Å². The van der Waals surface area contributed by atoms with Crippen molar-refractivity contribution in [1.82, 2.24) is 0 Å². The molecule has 2 amide bonds. The second-order valence-corrected chi connectivity index (χ2v) is 18.2. The number of halogens is 1. The van der Waals surface area contributed by atoms with Crippen LogP contribution in [0, 0.1) is 17.8 Å². The number of aryl methyl sites for hydroxylation is 1. The van der Waals surface area contributed by atoms with E-state index in [1.165, 1.54) is 11.1 Å². The number of hydrogen-bond donors (Lipinski definition) is 1. The van der Waals surface area contributed by atoms with Gasteiger partial charge in [-0.15, -0.1) is 13.2 Å². The Kier molecular flexibility index (Phi) is 12.7. The van der Waals surface area contributed by atoms with Crippen LogP contribution in [0.1, 0.15) is 86.0 Å². The first-order valence-electron chi connectivity index (χ1n) is 19.2. The van der Waals surface area contributed by atoms with Gasteiger partial charge in [0.15, 0.2) is 0 Å². The molecular weight excluding hydrogens is 734 g/mol. The molecule has 2 aliphatic carbocycles. The number of ether oxygens (including phenoxy) is 2. The van der Waals surface area contributed by atoms with Gasteiger partial charge in [-0.05, 0) is 117 Å². The minimum absolute atomic E-state index is 0.0868. The molecule has 0 radical (unpaired) electrons. The van der Waals surface area contributed by atoms with Crippen LogP contribution in [0.2, 0.25) is 5.02 Å². The van der Waals surface area contributed by atoms with E-state index < -0.39 is 39.2 Å². The number of amides is 2. The molecular formula is C44H52ClN3O6S. The summed E-state index contributed by atoms with van der Waals surface area (Å²) in [4.78, 5) is 33.2. The zero-order chi connectivity index (χ0) is 39.3. The summed E-state index contributed by atoms with van der Waals surface area (Å²) < 4.78 is 31.1. The average molecular weight is 786 g/mol. The number of aliphatic hydroxyl groups excluding tert-OH is 1. The maximum absolute atomic E-state index is 14.7. The van der Waals surface area contributed by atoms with Crippen LogP contribution in [0.25, 0.3) is 0 Å². The monoisotopic (exact) mass is 785 g/mol. The van der Waals surface area contributed by atoms with Gasteiger partial charge in [-0.25, -0.2) is 9.00 Å². The number of rotatable bonds is 12. The van der Waals surface area contributed by atoms with E-state index in [2.05, 4.69) is 39.5 Å². The number of carbonyl (C=O) groups excluding carboxylic acids is 2. The highest BCUT2D eigenvalue weighted by molar-refractivity contribution is 8.07. The van der Waals surface area contributed by atoms with Crippen molar-refractivity contribution < 1.29 is 28.4 Å². The van der Waals surface area contributed by atoms with Gasteiger partial charge in [-0.2, -0.15) is 9.36 Å². The van der Waals surface area contributed by atoms with Crippen molar-refractivity contribution in [3.63, 3.8) is 0 Å². The Morgan fingerprint density at radius 2 is 1.89 bits per heavy atom. The molecule has 1 unspecified atom stereocenters. The topological polar surface area (TPSA) is 118 Å². The number of fused-ring (bicyclic) bond motifs is 3. The van der Waals surface area contributed by atoms with Crippen molar-refractivity contribution in [3.8, 4) is 5.75 Å². The van der Waals surface area contributed by atoms with Gasteiger partial charge in [0.05, 0.1) is 28.1 Å². The molecule has 0 saturated heterocycles. The molecule has 1 aliphatic heterocycles. The fourth-order valence-corrected chi connectivity index (χ4v) is 10.2. The van der Waals surface area contributed by atoms with Gasteiger partial charge in [0.1, 0.15) is 17.4 Å². The van der Waals surface area contributed by atoms with E-state index in [9.17, 15) is 18.9 Å². The molecule has 3 aliphatic rings. The summed E-state index contributed by atoms with van der Waals surface area (Å²) in [6.45, 7) is 14.8. The molecule has 9 nitrogen and oxygen atoms in total. The third-order valence-electron chi connectivity index (χ3n) is 11.8. The number of allylic oxidation sites excluding steroid dienone is 1. The van der Waals surface area contributed by atoms with Crippen molar-refractivity contribution in [1.29, 1.82) is 0 Å². The van der Waals surface area contributed by atoms with E-state index in [0.29, 0.717) is 36.9 Å². The number of benzene rings is 3. The Morgan fingerprint density at radius 1 is 1.11 bits per heavy atom. The van der Waals surface area contributed by atoms with E-state index in [1.807, 2.05) is 43.3 Å². The molecule has 1 heterocycles. The standard InChI is InChI=1S/C44H52ClN3O6S/c1-6-12-29(3)31(5)55(52,28-46-43(51)54-30(4)32-13-9-8-10-14-32)47-42(50)34-17-21-41-39(24-34)48(25-35-16-19-37(35)40(49)7-2)26-44(27-53-41)22-11-15-33-23-36(45)18-20-38(33)44/h6-10,13-14,17-18,20-21,23-24,28-31,35,37,40,49H,1-2,11-12,15-16,19,22,25-27H2,3-5H3/t29-,30-,31+,35-,37+,40-,44-,55?/m0/s1. The summed E-state index contributed by atoms with van der Waals surface area (Å²) in [6, 6.07) is 20.6. The average Bonchev–Trinajstić information content (AvgIpc) is 3.32. The first-order chi connectivity index (χ1) is 26.4. The fourth-order valence-electron chi connectivity index (χ4n) is 8.24. The van der Waals surface area contributed by atoms with Crippen molar-refractivity contribution in [2.75, 3.05) is 24.6 Å². The maximum atomic E-state index is 14.7. The number of aliphatic imine (C=N–C) groups is 1. The van der Waals surface area contributed by atoms with Crippen LogP contribution in [-0.4, -0.2) is 57.9 Å². The number of anilines is 1. The van der Waals surface area contributed by atoms with Crippen LogP contribution >= 0.6 is 11.6 Å². The summed E-state index contributed by atoms with van der Waals surface area (Å²) in [5.41, 5.74) is 4.88.